The van der Waals surface area contributed by atoms with Crippen LogP contribution in [0.5, 0.6) is 0 Å². The first-order chi connectivity index (χ1) is 14.0. The van der Waals surface area contributed by atoms with Gasteiger partial charge in [-0.05, 0) is 56.8 Å². The highest BCUT2D eigenvalue weighted by atomic mass is 16.6. The number of nitro groups is 1. The molecular formula is C22H32N4O4. The van der Waals surface area contributed by atoms with Gasteiger partial charge in [0.15, 0.2) is 0 Å². The summed E-state index contributed by atoms with van der Waals surface area (Å²) < 4.78 is 0. The summed E-state index contributed by atoms with van der Waals surface area (Å²) in [6.45, 7) is 7.65. The van der Waals surface area contributed by atoms with Gasteiger partial charge in [-0.25, -0.2) is 4.90 Å². The van der Waals surface area contributed by atoms with Gasteiger partial charge in [0.25, 0.3) is 5.69 Å². The number of imide groups is 1. The van der Waals surface area contributed by atoms with Gasteiger partial charge in [-0.1, -0.05) is 20.8 Å². The maximum Gasteiger partial charge on any atom is 0.294 e. The minimum Gasteiger partial charge on any atom is -0.379 e. The number of benzene rings is 1. The number of nitrogens with zero attached hydrogens (tertiary/aromatic N) is 3. The van der Waals surface area contributed by atoms with Crippen LogP contribution in [0, 0.1) is 33.3 Å². The quantitative estimate of drug-likeness (QED) is 0.415. The highest BCUT2D eigenvalue weighted by molar-refractivity contribution is 6.22. The fourth-order valence-corrected chi connectivity index (χ4v) is 4.85. The average Bonchev–Trinajstić information content (AvgIpc) is 2.89. The van der Waals surface area contributed by atoms with Crippen LogP contribution in [0.3, 0.4) is 0 Å². The lowest BCUT2D eigenvalue weighted by atomic mass is 9.76. The average molecular weight is 417 g/mol. The summed E-state index contributed by atoms with van der Waals surface area (Å²) in [7, 11) is 3.98. The van der Waals surface area contributed by atoms with Crippen LogP contribution in [-0.4, -0.2) is 48.8 Å². The van der Waals surface area contributed by atoms with Crippen molar-refractivity contribution in [3.63, 3.8) is 0 Å². The van der Waals surface area contributed by atoms with Crippen LogP contribution in [-0.2, 0) is 9.59 Å². The van der Waals surface area contributed by atoms with Crippen molar-refractivity contribution in [3.05, 3.63) is 28.3 Å². The van der Waals surface area contributed by atoms with Crippen molar-refractivity contribution in [1.29, 1.82) is 0 Å². The van der Waals surface area contributed by atoms with Crippen LogP contribution >= 0.6 is 0 Å². The summed E-state index contributed by atoms with van der Waals surface area (Å²) in [5, 5.41) is 14.9. The molecule has 1 saturated carbocycles. The smallest absolute Gasteiger partial charge is 0.294 e. The largest absolute Gasteiger partial charge is 0.379 e. The van der Waals surface area contributed by atoms with Gasteiger partial charge in [0.1, 0.15) is 5.69 Å². The maximum atomic E-state index is 12.9. The van der Waals surface area contributed by atoms with Gasteiger partial charge in [0.2, 0.25) is 11.8 Å². The zero-order valence-corrected chi connectivity index (χ0v) is 18.5. The number of nitro benzene ring substituents is 1. The Morgan fingerprint density at radius 3 is 2.50 bits per heavy atom. The molecule has 0 spiro atoms. The van der Waals surface area contributed by atoms with Crippen molar-refractivity contribution in [2.45, 2.75) is 40.0 Å². The van der Waals surface area contributed by atoms with E-state index >= 15 is 0 Å². The first-order valence-corrected chi connectivity index (χ1v) is 10.5. The molecule has 2 aliphatic rings. The van der Waals surface area contributed by atoms with Gasteiger partial charge < -0.3 is 10.2 Å². The highest BCUT2D eigenvalue weighted by Crippen LogP contribution is 2.43. The zero-order valence-electron chi connectivity index (χ0n) is 18.5. The predicted octanol–water partition coefficient (Wildman–Crippen LogP) is 3.52. The number of amides is 2. The Bertz CT molecular complexity index is 852. The van der Waals surface area contributed by atoms with E-state index in [9.17, 15) is 19.7 Å². The molecule has 1 aliphatic heterocycles. The van der Waals surface area contributed by atoms with Gasteiger partial charge >= 0.3 is 0 Å². The van der Waals surface area contributed by atoms with Crippen LogP contribution < -0.4 is 10.2 Å². The van der Waals surface area contributed by atoms with E-state index in [2.05, 4.69) is 31.0 Å². The molecule has 1 aromatic rings. The fraction of sp³-hybridized carbons (Fsp3) is 0.636. The summed E-state index contributed by atoms with van der Waals surface area (Å²) in [6.07, 6.45) is 2.34. The van der Waals surface area contributed by atoms with Crippen LogP contribution in [0.4, 0.5) is 17.1 Å². The lowest BCUT2D eigenvalue weighted by Gasteiger charge is -2.28. The van der Waals surface area contributed by atoms with E-state index in [0.29, 0.717) is 31.0 Å². The number of hydrogen-bond acceptors (Lipinski definition) is 6. The first kappa shape index (κ1) is 22.2. The summed E-state index contributed by atoms with van der Waals surface area (Å²) in [4.78, 5) is 40.3. The van der Waals surface area contributed by atoms with Crippen molar-refractivity contribution in [3.8, 4) is 0 Å². The van der Waals surface area contributed by atoms with E-state index in [1.165, 1.54) is 11.0 Å². The number of carbonyl (C=O) groups excluding carboxylic acids is 2. The van der Waals surface area contributed by atoms with Crippen LogP contribution in [0.1, 0.15) is 40.0 Å². The van der Waals surface area contributed by atoms with Crippen molar-refractivity contribution in [1.82, 2.24) is 4.90 Å². The Morgan fingerprint density at radius 2 is 1.87 bits per heavy atom. The number of rotatable bonds is 7. The van der Waals surface area contributed by atoms with Crippen LogP contribution in [0.15, 0.2) is 18.2 Å². The van der Waals surface area contributed by atoms with Crippen molar-refractivity contribution < 1.29 is 14.5 Å². The van der Waals surface area contributed by atoms with E-state index < -0.39 is 4.92 Å². The summed E-state index contributed by atoms with van der Waals surface area (Å²) >= 11 is 0. The lowest BCUT2D eigenvalue weighted by molar-refractivity contribution is -0.383. The fourth-order valence-electron chi connectivity index (χ4n) is 4.85. The van der Waals surface area contributed by atoms with Crippen molar-refractivity contribution >= 4 is 28.9 Å². The summed E-state index contributed by atoms with van der Waals surface area (Å²) in [6, 6.07) is 4.58. The number of nitrogens with one attached hydrogen (secondary N) is 1. The molecule has 0 bridgehead atoms. The van der Waals surface area contributed by atoms with Gasteiger partial charge in [-0.15, -0.1) is 0 Å². The third kappa shape index (κ3) is 4.48. The molecule has 1 aliphatic carbocycles. The Morgan fingerprint density at radius 1 is 1.20 bits per heavy atom. The van der Waals surface area contributed by atoms with Gasteiger partial charge in [0.05, 0.1) is 22.4 Å². The summed E-state index contributed by atoms with van der Waals surface area (Å²) in [5.74, 6) is -0.630. The van der Waals surface area contributed by atoms with E-state index in [-0.39, 0.29) is 40.4 Å². The third-order valence-electron chi connectivity index (χ3n) is 6.13. The number of carbonyl (C=O) groups is 2. The second-order valence-corrected chi connectivity index (χ2v) is 9.86. The molecule has 0 radical (unpaired) electrons. The number of anilines is 2. The molecule has 1 aromatic carbocycles. The molecule has 0 aromatic heterocycles. The predicted molar refractivity (Wildman–Crippen MR) is 116 cm³/mol. The lowest BCUT2D eigenvalue weighted by Crippen LogP contribution is -2.34. The summed E-state index contributed by atoms with van der Waals surface area (Å²) in [5.41, 5.74) is 0.457. The molecular weight excluding hydrogens is 384 g/mol. The van der Waals surface area contributed by atoms with E-state index in [1.54, 1.807) is 12.1 Å². The zero-order chi connectivity index (χ0) is 22.2. The van der Waals surface area contributed by atoms with E-state index in [1.807, 2.05) is 14.1 Å². The van der Waals surface area contributed by atoms with Gasteiger partial charge in [-0.2, -0.15) is 0 Å². The molecule has 3 rings (SSSR count). The second kappa shape index (κ2) is 8.34. The first-order valence-electron chi connectivity index (χ1n) is 10.5. The topological polar surface area (TPSA) is 95.8 Å². The standard InChI is InChI=1S/C22H32N4O4/c1-14-6-8-16-17(10-14)21(28)25(20(16)27)15-7-9-18(19(11-15)26(29)30)23-12-22(2,3)13-24(4)5/h7,9,11,14,16-17,23H,6,8,10,12-13H2,1-5H3/t14-,16+,17+/m1/s1. The molecule has 0 unspecified atom stereocenters. The monoisotopic (exact) mass is 416 g/mol. The molecule has 2 fully saturated rings. The van der Waals surface area contributed by atoms with Crippen molar-refractivity contribution in [2.75, 3.05) is 37.4 Å². The molecule has 2 amide bonds. The van der Waals surface area contributed by atoms with Crippen LogP contribution in [0.25, 0.3) is 0 Å². The molecule has 3 atom stereocenters. The Labute approximate surface area is 177 Å². The molecule has 164 valence electrons. The number of fused-ring (bicyclic) bond motifs is 1. The Balaban J connectivity index is 1.84. The highest BCUT2D eigenvalue weighted by Gasteiger charge is 2.50. The number of hydrogen-bond donors (Lipinski definition) is 1. The molecule has 1 saturated heterocycles. The van der Waals surface area contributed by atoms with Gasteiger partial charge in [0, 0.05) is 19.2 Å². The molecule has 1 heterocycles. The Kier molecular flexibility index (Phi) is 6.17. The molecule has 1 N–H and O–H groups in total. The maximum absolute atomic E-state index is 12.9. The van der Waals surface area contributed by atoms with Crippen molar-refractivity contribution in [2.24, 2.45) is 23.2 Å². The third-order valence-corrected chi connectivity index (χ3v) is 6.13. The van der Waals surface area contributed by atoms with E-state index in [0.717, 1.165) is 13.0 Å². The molecule has 30 heavy (non-hydrogen) atoms. The SMILES string of the molecule is C[C@@H]1CC[C@@H]2C(=O)N(c3ccc(NCC(C)(C)CN(C)C)c([N+](=O)[O-])c3)C(=O)[C@H]2C1. The minimum atomic E-state index is -0.467. The second-order valence-electron chi connectivity index (χ2n) is 9.86. The van der Waals surface area contributed by atoms with E-state index in [4.69, 9.17) is 0 Å². The molecule has 8 nitrogen and oxygen atoms in total. The normalized spacial score (nSPS) is 24.3. The molecule has 8 heteroatoms. The Hall–Kier alpha value is -2.48. The van der Waals surface area contributed by atoms with Gasteiger partial charge in [-0.3, -0.25) is 19.7 Å². The minimum absolute atomic E-state index is 0.0939. The van der Waals surface area contributed by atoms with Crippen LogP contribution in [0.2, 0.25) is 0 Å².